The van der Waals surface area contributed by atoms with Crippen LogP contribution in [0.4, 0.5) is 5.82 Å². The predicted molar refractivity (Wildman–Crippen MR) is 42.8 cm³/mol. The Bertz CT molecular complexity index is 214. The van der Waals surface area contributed by atoms with E-state index >= 15 is 0 Å². The molecule has 1 aromatic heterocycles. The van der Waals surface area contributed by atoms with E-state index in [1.165, 1.54) is 0 Å². The molecular weight excluding hydrogens is 146 g/mol. The number of hydrogen-bond donors (Lipinski definition) is 1. The lowest BCUT2D eigenvalue weighted by Gasteiger charge is -1.98. The molecular formula is C6H9N3S. The van der Waals surface area contributed by atoms with Crippen molar-refractivity contribution in [2.24, 2.45) is 0 Å². The molecule has 1 aromatic rings. The second-order valence-corrected chi connectivity index (χ2v) is 2.93. The maximum atomic E-state index is 5.51. The minimum atomic E-state index is 0.523. The summed E-state index contributed by atoms with van der Waals surface area (Å²) in [6.07, 6.45) is 3.24. The van der Waals surface area contributed by atoms with Gasteiger partial charge in [-0.05, 0) is 5.75 Å². The normalized spacial score (nSPS) is 9.70. The first-order valence-corrected chi connectivity index (χ1v) is 4.02. The van der Waals surface area contributed by atoms with Crippen LogP contribution in [-0.4, -0.2) is 15.7 Å². The first-order chi connectivity index (χ1) is 4.84. The second-order valence-electron chi connectivity index (χ2n) is 1.68. The molecule has 4 heteroatoms. The molecule has 0 radical (unpaired) electrons. The highest BCUT2D eigenvalue weighted by atomic mass is 32.2. The third-order valence-corrected chi connectivity index (χ3v) is 1.85. The number of rotatable bonds is 2. The zero-order chi connectivity index (χ0) is 7.40. The third-order valence-electron chi connectivity index (χ3n) is 0.972. The van der Waals surface area contributed by atoms with Gasteiger partial charge >= 0.3 is 0 Å². The zero-order valence-corrected chi connectivity index (χ0v) is 6.56. The SMILES string of the molecule is CCSc1nccnc1N. The Morgan fingerprint density at radius 1 is 1.50 bits per heavy atom. The summed E-state index contributed by atoms with van der Waals surface area (Å²) >= 11 is 1.60. The molecule has 1 heterocycles. The average Bonchev–Trinajstić information content (AvgIpc) is 1.94. The number of nitrogen functional groups attached to an aromatic ring is 1. The molecule has 0 aliphatic rings. The molecule has 0 saturated carbocycles. The van der Waals surface area contributed by atoms with Gasteiger partial charge < -0.3 is 5.73 Å². The van der Waals surface area contributed by atoms with Crippen molar-refractivity contribution >= 4 is 17.6 Å². The zero-order valence-electron chi connectivity index (χ0n) is 5.74. The largest absolute Gasteiger partial charge is 0.381 e. The van der Waals surface area contributed by atoms with Crippen molar-refractivity contribution in [2.75, 3.05) is 11.5 Å². The third kappa shape index (κ3) is 1.60. The summed E-state index contributed by atoms with van der Waals surface area (Å²) in [4.78, 5) is 7.94. The highest BCUT2D eigenvalue weighted by Crippen LogP contribution is 2.18. The van der Waals surface area contributed by atoms with Crippen molar-refractivity contribution in [1.82, 2.24) is 9.97 Å². The van der Waals surface area contributed by atoms with Crippen LogP contribution in [0.25, 0.3) is 0 Å². The van der Waals surface area contributed by atoms with E-state index < -0.39 is 0 Å². The number of anilines is 1. The van der Waals surface area contributed by atoms with Crippen LogP contribution in [0.1, 0.15) is 6.92 Å². The van der Waals surface area contributed by atoms with Gasteiger partial charge in [-0.3, -0.25) is 0 Å². The van der Waals surface area contributed by atoms with Gasteiger partial charge in [0.2, 0.25) is 0 Å². The van der Waals surface area contributed by atoms with E-state index in [1.807, 2.05) is 0 Å². The van der Waals surface area contributed by atoms with Gasteiger partial charge in [-0.25, -0.2) is 9.97 Å². The molecule has 0 aliphatic heterocycles. The highest BCUT2D eigenvalue weighted by Gasteiger charge is 1.97. The molecule has 3 nitrogen and oxygen atoms in total. The van der Waals surface area contributed by atoms with Gasteiger partial charge in [-0.2, -0.15) is 0 Å². The van der Waals surface area contributed by atoms with Gasteiger partial charge in [0, 0.05) is 12.4 Å². The van der Waals surface area contributed by atoms with Gasteiger partial charge in [0.05, 0.1) is 0 Å². The Hall–Kier alpha value is -0.770. The Balaban J connectivity index is 2.81. The first-order valence-electron chi connectivity index (χ1n) is 3.04. The molecule has 54 valence electrons. The second kappa shape index (κ2) is 3.41. The Kier molecular flexibility index (Phi) is 2.50. The smallest absolute Gasteiger partial charge is 0.156 e. The fraction of sp³-hybridized carbons (Fsp3) is 0.333. The van der Waals surface area contributed by atoms with Crippen LogP contribution in [-0.2, 0) is 0 Å². The van der Waals surface area contributed by atoms with E-state index in [-0.39, 0.29) is 0 Å². The molecule has 0 aliphatic carbocycles. The minimum absolute atomic E-state index is 0.523. The summed E-state index contributed by atoms with van der Waals surface area (Å²) in [6, 6.07) is 0. The van der Waals surface area contributed by atoms with Crippen molar-refractivity contribution in [1.29, 1.82) is 0 Å². The van der Waals surface area contributed by atoms with E-state index in [0.717, 1.165) is 10.8 Å². The van der Waals surface area contributed by atoms with Crippen molar-refractivity contribution in [3.05, 3.63) is 12.4 Å². The Morgan fingerprint density at radius 2 is 2.20 bits per heavy atom. The van der Waals surface area contributed by atoms with Crippen molar-refractivity contribution in [2.45, 2.75) is 11.9 Å². The summed E-state index contributed by atoms with van der Waals surface area (Å²) in [5, 5.41) is 0.824. The van der Waals surface area contributed by atoms with Crippen LogP contribution < -0.4 is 5.73 Å². The van der Waals surface area contributed by atoms with Crippen LogP contribution in [0.5, 0.6) is 0 Å². The van der Waals surface area contributed by atoms with Crippen LogP contribution in [0, 0.1) is 0 Å². The molecule has 10 heavy (non-hydrogen) atoms. The maximum Gasteiger partial charge on any atom is 0.156 e. The molecule has 2 N–H and O–H groups in total. The van der Waals surface area contributed by atoms with Gasteiger partial charge in [-0.15, -0.1) is 11.8 Å². The first kappa shape index (κ1) is 7.34. The molecule has 0 bridgehead atoms. The fourth-order valence-electron chi connectivity index (χ4n) is 0.584. The van der Waals surface area contributed by atoms with E-state index in [4.69, 9.17) is 5.73 Å². The monoisotopic (exact) mass is 155 g/mol. The Labute approximate surface area is 64.1 Å². The van der Waals surface area contributed by atoms with Crippen LogP contribution in [0.2, 0.25) is 0 Å². The number of aromatic nitrogens is 2. The standard InChI is InChI=1S/C6H9N3S/c1-2-10-6-5(7)8-3-4-9-6/h3-4H,2H2,1H3,(H2,7,8). The predicted octanol–water partition coefficient (Wildman–Crippen LogP) is 1.17. The lowest BCUT2D eigenvalue weighted by Crippen LogP contribution is -1.94. The Morgan fingerprint density at radius 3 is 2.80 bits per heavy atom. The highest BCUT2D eigenvalue weighted by molar-refractivity contribution is 7.99. The molecule has 0 spiro atoms. The summed E-state index contributed by atoms with van der Waals surface area (Å²) < 4.78 is 0. The van der Waals surface area contributed by atoms with Crippen molar-refractivity contribution in [3.63, 3.8) is 0 Å². The van der Waals surface area contributed by atoms with Crippen LogP contribution >= 0.6 is 11.8 Å². The summed E-state index contributed by atoms with van der Waals surface area (Å²) in [5.74, 6) is 1.50. The summed E-state index contributed by atoms with van der Waals surface area (Å²) in [6.45, 7) is 2.05. The summed E-state index contributed by atoms with van der Waals surface area (Å²) in [5.41, 5.74) is 5.51. The van der Waals surface area contributed by atoms with Gasteiger partial charge in [0.25, 0.3) is 0 Å². The van der Waals surface area contributed by atoms with E-state index in [0.29, 0.717) is 5.82 Å². The topological polar surface area (TPSA) is 51.8 Å². The number of nitrogens with zero attached hydrogens (tertiary/aromatic N) is 2. The number of nitrogens with two attached hydrogens (primary N) is 1. The van der Waals surface area contributed by atoms with Gasteiger partial charge in [-0.1, -0.05) is 6.92 Å². The molecule has 0 unspecified atom stereocenters. The van der Waals surface area contributed by atoms with Crippen molar-refractivity contribution < 1.29 is 0 Å². The molecule has 0 aromatic carbocycles. The number of hydrogen-bond acceptors (Lipinski definition) is 4. The van der Waals surface area contributed by atoms with Crippen LogP contribution in [0.3, 0.4) is 0 Å². The minimum Gasteiger partial charge on any atom is -0.381 e. The quantitative estimate of drug-likeness (QED) is 0.651. The average molecular weight is 155 g/mol. The maximum absolute atomic E-state index is 5.51. The van der Waals surface area contributed by atoms with Gasteiger partial charge in [0.15, 0.2) is 5.82 Å². The molecule has 0 amide bonds. The fourth-order valence-corrected chi connectivity index (χ4v) is 1.19. The molecule has 0 saturated heterocycles. The lowest BCUT2D eigenvalue weighted by atomic mass is 10.7. The van der Waals surface area contributed by atoms with Crippen LogP contribution in [0.15, 0.2) is 17.4 Å². The van der Waals surface area contributed by atoms with Gasteiger partial charge in [0.1, 0.15) is 5.03 Å². The van der Waals surface area contributed by atoms with E-state index in [1.54, 1.807) is 24.2 Å². The van der Waals surface area contributed by atoms with Crippen molar-refractivity contribution in [3.8, 4) is 0 Å². The number of thioether (sulfide) groups is 1. The molecule has 0 fully saturated rings. The molecule has 0 atom stereocenters. The van der Waals surface area contributed by atoms with E-state index in [9.17, 15) is 0 Å². The molecule has 1 rings (SSSR count). The lowest BCUT2D eigenvalue weighted by molar-refractivity contribution is 1.07. The van der Waals surface area contributed by atoms with E-state index in [2.05, 4.69) is 16.9 Å². The summed E-state index contributed by atoms with van der Waals surface area (Å²) in [7, 11) is 0.